The summed E-state index contributed by atoms with van der Waals surface area (Å²) in [5.41, 5.74) is -0.778. The van der Waals surface area contributed by atoms with E-state index >= 15 is 0 Å². The van der Waals surface area contributed by atoms with E-state index in [0.29, 0.717) is 12.3 Å². The van der Waals surface area contributed by atoms with E-state index in [-0.39, 0.29) is 23.4 Å². The Labute approximate surface area is 121 Å². The zero-order valence-electron chi connectivity index (χ0n) is 12.9. The standard InChI is InChI=1S/C16H26N2O2/c1-4-12-13(19)17-16(9-5-6-10-16)14(20)18(12)15(2,3)11-7-8-11/h11-12H,4-10H2,1-3H3,(H,17,19). The molecule has 4 heteroatoms. The second-order valence-corrected chi connectivity index (χ2v) is 7.31. The number of rotatable bonds is 3. The van der Waals surface area contributed by atoms with E-state index in [4.69, 9.17) is 0 Å². The van der Waals surface area contributed by atoms with Gasteiger partial charge in [0.05, 0.1) is 0 Å². The fourth-order valence-electron chi connectivity index (χ4n) is 4.20. The zero-order chi connectivity index (χ0) is 14.5. The van der Waals surface area contributed by atoms with Crippen molar-refractivity contribution in [3.63, 3.8) is 0 Å². The Bertz CT molecular complexity index is 434. The van der Waals surface area contributed by atoms with Crippen LogP contribution < -0.4 is 5.32 Å². The maximum absolute atomic E-state index is 13.2. The SMILES string of the molecule is CCC1C(=O)NC2(CCCC2)C(=O)N1C(C)(C)C1CC1. The lowest BCUT2D eigenvalue weighted by atomic mass is 9.84. The highest BCUT2D eigenvalue weighted by Crippen LogP contribution is 2.47. The summed E-state index contributed by atoms with van der Waals surface area (Å²) in [5, 5.41) is 3.07. The molecule has 1 aliphatic heterocycles. The van der Waals surface area contributed by atoms with Gasteiger partial charge in [0, 0.05) is 5.54 Å². The Morgan fingerprint density at radius 2 is 1.85 bits per heavy atom. The first-order valence-corrected chi connectivity index (χ1v) is 8.08. The molecule has 1 unspecified atom stereocenters. The van der Waals surface area contributed by atoms with Crippen molar-refractivity contribution in [2.24, 2.45) is 5.92 Å². The van der Waals surface area contributed by atoms with E-state index in [1.165, 1.54) is 12.8 Å². The normalized spacial score (nSPS) is 29.9. The first-order valence-electron chi connectivity index (χ1n) is 8.08. The van der Waals surface area contributed by atoms with E-state index in [9.17, 15) is 9.59 Å². The summed E-state index contributed by atoms with van der Waals surface area (Å²) in [6.45, 7) is 6.29. The van der Waals surface area contributed by atoms with Crippen LogP contribution in [0.1, 0.15) is 65.7 Å². The van der Waals surface area contributed by atoms with Crippen molar-refractivity contribution in [1.82, 2.24) is 10.2 Å². The summed E-state index contributed by atoms with van der Waals surface area (Å²) < 4.78 is 0. The van der Waals surface area contributed by atoms with E-state index in [1.807, 2.05) is 11.8 Å². The molecule has 20 heavy (non-hydrogen) atoms. The average Bonchev–Trinajstić information content (AvgIpc) is 3.16. The number of nitrogens with zero attached hydrogens (tertiary/aromatic N) is 1. The van der Waals surface area contributed by atoms with Crippen molar-refractivity contribution >= 4 is 11.8 Å². The first kappa shape index (κ1) is 13.9. The van der Waals surface area contributed by atoms with E-state index in [0.717, 1.165) is 25.7 Å². The van der Waals surface area contributed by atoms with Crippen molar-refractivity contribution in [2.75, 3.05) is 0 Å². The third-order valence-corrected chi connectivity index (χ3v) is 5.65. The molecule has 2 aliphatic carbocycles. The quantitative estimate of drug-likeness (QED) is 0.860. The number of hydrogen-bond donors (Lipinski definition) is 1. The fourth-order valence-corrected chi connectivity index (χ4v) is 4.20. The summed E-state index contributed by atoms with van der Waals surface area (Å²) in [7, 11) is 0. The van der Waals surface area contributed by atoms with Crippen LogP contribution in [0.15, 0.2) is 0 Å². The number of nitrogens with one attached hydrogen (secondary N) is 1. The highest BCUT2D eigenvalue weighted by molar-refractivity contribution is 6.00. The smallest absolute Gasteiger partial charge is 0.249 e. The van der Waals surface area contributed by atoms with Gasteiger partial charge in [-0.2, -0.15) is 0 Å². The minimum absolute atomic E-state index is 0.0581. The van der Waals surface area contributed by atoms with Crippen LogP contribution in [-0.4, -0.2) is 33.8 Å². The molecule has 1 heterocycles. The molecule has 1 N–H and O–H groups in total. The number of carbonyl (C=O) groups is 2. The van der Waals surface area contributed by atoms with Crippen LogP contribution in [0.2, 0.25) is 0 Å². The molecule has 0 bridgehead atoms. The minimum Gasteiger partial charge on any atom is -0.340 e. The third kappa shape index (κ3) is 1.87. The summed E-state index contributed by atoms with van der Waals surface area (Å²) in [6.07, 6.45) is 6.77. The minimum atomic E-state index is -0.588. The van der Waals surface area contributed by atoms with Gasteiger partial charge in [0.15, 0.2) is 0 Å². The van der Waals surface area contributed by atoms with Crippen LogP contribution in [0.4, 0.5) is 0 Å². The fraction of sp³-hybridized carbons (Fsp3) is 0.875. The van der Waals surface area contributed by atoms with Gasteiger partial charge in [-0.15, -0.1) is 0 Å². The topological polar surface area (TPSA) is 49.4 Å². The molecule has 4 nitrogen and oxygen atoms in total. The lowest BCUT2D eigenvalue weighted by Gasteiger charge is -2.51. The molecule has 2 saturated carbocycles. The van der Waals surface area contributed by atoms with Gasteiger partial charge >= 0.3 is 0 Å². The maximum atomic E-state index is 13.2. The van der Waals surface area contributed by atoms with E-state index in [1.54, 1.807) is 0 Å². The van der Waals surface area contributed by atoms with Gasteiger partial charge in [0.1, 0.15) is 11.6 Å². The lowest BCUT2D eigenvalue weighted by molar-refractivity contribution is -0.162. The number of carbonyl (C=O) groups excluding carboxylic acids is 2. The molecular weight excluding hydrogens is 252 g/mol. The van der Waals surface area contributed by atoms with Gasteiger partial charge in [-0.1, -0.05) is 19.8 Å². The summed E-state index contributed by atoms with van der Waals surface area (Å²) in [6, 6.07) is -0.288. The summed E-state index contributed by atoms with van der Waals surface area (Å²) in [5.74, 6) is 0.797. The van der Waals surface area contributed by atoms with Gasteiger partial charge < -0.3 is 10.2 Å². The largest absolute Gasteiger partial charge is 0.340 e. The number of hydrogen-bond acceptors (Lipinski definition) is 2. The monoisotopic (exact) mass is 278 g/mol. The van der Waals surface area contributed by atoms with Gasteiger partial charge in [-0.3, -0.25) is 9.59 Å². The predicted molar refractivity (Wildman–Crippen MR) is 77.1 cm³/mol. The van der Waals surface area contributed by atoms with Crippen molar-refractivity contribution in [1.29, 1.82) is 0 Å². The molecule has 3 aliphatic rings. The molecule has 3 fully saturated rings. The van der Waals surface area contributed by atoms with Gasteiger partial charge in [-0.25, -0.2) is 0 Å². The molecule has 1 atom stereocenters. The summed E-state index contributed by atoms with van der Waals surface area (Å²) >= 11 is 0. The molecule has 3 rings (SSSR count). The second kappa shape index (κ2) is 4.47. The molecule has 0 aromatic carbocycles. The van der Waals surface area contributed by atoms with Crippen molar-refractivity contribution in [3.8, 4) is 0 Å². The van der Waals surface area contributed by atoms with Crippen LogP contribution in [0.25, 0.3) is 0 Å². The van der Waals surface area contributed by atoms with E-state index in [2.05, 4.69) is 19.2 Å². The first-order chi connectivity index (χ1) is 9.42. The Morgan fingerprint density at radius 3 is 2.35 bits per heavy atom. The molecular formula is C16H26N2O2. The number of amides is 2. The average molecular weight is 278 g/mol. The highest BCUT2D eigenvalue weighted by Gasteiger charge is 2.57. The Balaban J connectivity index is 1.97. The van der Waals surface area contributed by atoms with Crippen LogP contribution >= 0.6 is 0 Å². The molecule has 0 radical (unpaired) electrons. The Hall–Kier alpha value is -1.06. The van der Waals surface area contributed by atoms with Crippen molar-refractivity contribution in [2.45, 2.75) is 82.8 Å². The highest BCUT2D eigenvalue weighted by atomic mass is 16.2. The van der Waals surface area contributed by atoms with Gasteiger partial charge in [0.2, 0.25) is 11.8 Å². The van der Waals surface area contributed by atoms with Crippen LogP contribution in [0.5, 0.6) is 0 Å². The molecule has 2 amide bonds. The Kier molecular flexibility index (Phi) is 3.11. The molecule has 0 aromatic rings. The van der Waals surface area contributed by atoms with Crippen molar-refractivity contribution < 1.29 is 9.59 Å². The lowest BCUT2D eigenvalue weighted by Crippen LogP contribution is -2.73. The van der Waals surface area contributed by atoms with Gasteiger partial charge in [0.25, 0.3) is 0 Å². The third-order valence-electron chi connectivity index (χ3n) is 5.65. The van der Waals surface area contributed by atoms with E-state index < -0.39 is 5.54 Å². The molecule has 1 spiro atoms. The Morgan fingerprint density at radius 1 is 1.25 bits per heavy atom. The molecule has 1 saturated heterocycles. The van der Waals surface area contributed by atoms with Crippen LogP contribution in [0.3, 0.4) is 0 Å². The predicted octanol–water partition coefficient (Wildman–Crippen LogP) is 2.22. The molecule has 0 aromatic heterocycles. The second-order valence-electron chi connectivity index (χ2n) is 7.31. The number of piperazine rings is 1. The van der Waals surface area contributed by atoms with Crippen LogP contribution in [0, 0.1) is 5.92 Å². The zero-order valence-corrected chi connectivity index (χ0v) is 12.9. The van der Waals surface area contributed by atoms with Crippen LogP contribution in [-0.2, 0) is 9.59 Å². The van der Waals surface area contributed by atoms with Gasteiger partial charge in [-0.05, 0) is 51.9 Å². The van der Waals surface area contributed by atoms with Crippen molar-refractivity contribution in [3.05, 3.63) is 0 Å². The summed E-state index contributed by atoms with van der Waals surface area (Å²) in [4.78, 5) is 27.6. The molecule has 112 valence electrons. The maximum Gasteiger partial charge on any atom is 0.249 e.